The number of benzene rings is 2. The van der Waals surface area contributed by atoms with Crippen LogP contribution >= 0.6 is 0 Å². The van der Waals surface area contributed by atoms with Crippen LogP contribution in [0.4, 0.5) is 4.79 Å². The van der Waals surface area contributed by atoms with Crippen molar-refractivity contribution >= 4 is 34.6 Å². The van der Waals surface area contributed by atoms with Crippen molar-refractivity contribution in [2.24, 2.45) is 0 Å². The van der Waals surface area contributed by atoms with Crippen molar-refractivity contribution < 1.29 is 29.0 Å². The highest BCUT2D eigenvalue weighted by Gasteiger charge is 2.28. The number of carbonyl (C=O) groups excluding carboxylic acids is 3. The maximum atomic E-state index is 13.0. The number of amides is 2. The molecule has 35 heavy (non-hydrogen) atoms. The van der Waals surface area contributed by atoms with Crippen molar-refractivity contribution in [1.82, 2.24) is 10.6 Å². The number of aliphatic carboxylic acids is 1. The molecule has 2 amide bonds. The van der Waals surface area contributed by atoms with Crippen LogP contribution in [0.2, 0.25) is 0 Å². The molecule has 0 aliphatic rings. The van der Waals surface area contributed by atoms with E-state index in [1.807, 2.05) is 73.2 Å². The van der Waals surface area contributed by atoms with E-state index in [0.29, 0.717) is 12.2 Å². The molecule has 0 unspecified atom stereocenters. The van der Waals surface area contributed by atoms with Gasteiger partial charge in [-0.15, -0.1) is 0 Å². The van der Waals surface area contributed by atoms with Gasteiger partial charge >= 0.3 is 12.1 Å². The van der Waals surface area contributed by atoms with Crippen LogP contribution in [0.1, 0.15) is 24.0 Å². The fraction of sp³-hybridized carbons (Fsp3) is 0.385. The first-order valence-electron chi connectivity index (χ1n) is 11.3. The van der Waals surface area contributed by atoms with Gasteiger partial charge in [-0.25, -0.2) is 9.59 Å². The number of ether oxygens (including phenoxy) is 1. The predicted octanol–water partition coefficient (Wildman–Crippen LogP) is 2.36. The summed E-state index contributed by atoms with van der Waals surface area (Å²) in [6.45, 7) is 0.131. The summed E-state index contributed by atoms with van der Waals surface area (Å²) in [6, 6.07) is 16.3. The maximum absolute atomic E-state index is 13.0. The smallest absolute Gasteiger partial charge is 0.407 e. The molecule has 0 saturated heterocycles. The van der Waals surface area contributed by atoms with E-state index < -0.39 is 30.1 Å². The third-order valence-electron chi connectivity index (χ3n) is 5.13. The molecule has 2 rings (SSSR count). The molecule has 0 heterocycles. The second-order valence-corrected chi connectivity index (χ2v) is 10.6. The summed E-state index contributed by atoms with van der Waals surface area (Å²) in [6.07, 6.45) is 3.82. The zero-order valence-corrected chi connectivity index (χ0v) is 20.9. The van der Waals surface area contributed by atoms with Crippen molar-refractivity contribution in [3.05, 3.63) is 71.8 Å². The summed E-state index contributed by atoms with van der Waals surface area (Å²) >= 11 is 0. The first-order chi connectivity index (χ1) is 16.7. The van der Waals surface area contributed by atoms with Gasteiger partial charge in [-0.05, 0) is 28.4 Å². The third-order valence-corrected chi connectivity index (χ3v) is 6.03. The SMILES string of the molecule is C[S+](C)CC(=O)CC[C@H](NC(=O)[C@H](Cc1ccccc1)NC(=O)OCCc1ccccc1)C(=O)O. The number of carboxylic acids is 1. The lowest BCUT2D eigenvalue weighted by atomic mass is 10.0. The van der Waals surface area contributed by atoms with E-state index in [1.165, 1.54) is 0 Å². The first kappa shape index (κ1) is 27.9. The number of nitrogens with one attached hydrogen (secondary N) is 2. The van der Waals surface area contributed by atoms with Crippen LogP contribution < -0.4 is 10.6 Å². The van der Waals surface area contributed by atoms with Crippen LogP contribution in [-0.2, 0) is 42.9 Å². The lowest BCUT2D eigenvalue weighted by Gasteiger charge is -2.21. The fourth-order valence-corrected chi connectivity index (χ4v) is 4.17. The van der Waals surface area contributed by atoms with Crippen LogP contribution in [-0.4, -0.2) is 65.8 Å². The van der Waals surface area contributed by atoms with E-state index in [0.717, 1.165) is 11.1 Å². The Morgan fingerprint density at radius 1 is 0.886 bits per heavy atom. The van der Waals surface area contributed by atoms with Crippen LogP contribution in [0.5, 0.6) is 0 Å². The van der Waals surface area contributed by atoms with E-state index in [-0.39, 0.29) is 42.5 Å². The quantitative estimate of drug-likeness (QED) is 0.342. The number of Topliss-reactive ketones (excluding diaryl/α,β-unsaturated/α-hetero) is 1. The molecule has 0 radical (unpaired) electrons. The Labute approximate surface area is 208 Å². The lowest BCUT2D eigenvalue weighted by Crippen LogP contribution is -2.52. The summed E-state index contributed by atoms with van der Waals surface area (Å²) < 4.78 is 5.24. The molecule has 9 heteroatoms. The Morgan fingerprint density at radius 2 is 1.49 bits per heavy atom. The van der Waals surface area contributed by atoms with Gasteiger partial charge in [-0.1, -0.05) is 60.7 Å². The Balaban J connectivity index is 1.99. The molecule has 0 aliphatic heterocycles. The van der Waals surface area contributed by atoms with E-state index in [9.17, 15) is 24.3 Å². The zero-order valence-electron chi connectivity index (χ0n) is 20.1. The summed E-state index contributed by atoms with van der Waals surface area (Å²) in [5.41, 5.74) is 1.80. The molecule has 0 fully saturated rings. The minimum absolute atomic E-state index is 0.0172. The molecule has 0 aliphatic carbocycles. The van der Waals surface area contributed by atoms with Gasteiger partial charge in [-0.2, -0.15) is 0 Å². The number of rotatable bonds is 14. The Bertz CT molecular complexity index is 968. The van der Waals surface area contributed by atoms with Crippen molar-refractivity contribution in [1.29, 1.82) is 0 Å². The Hall–Kier alpha value is -3.33. The standard InChI is InChI=1S/C26H32N2O6S/c1-35(2)18-21(29)13-14-22(25(31)32)27-24(30)23(17-20-11-7-4-8-12-20)28-26(33)34-16-15-19-9-5-3-6-10-19/h3-12,22-23H,13-18H2,1-2H3,(H2-,27,28,30,31,32,33)/p+1/t22-,23-/m0/s1. The van der Waals surface area contributed by atoms with Gasteiger partial charge in [0.2, 0.25) is 5.91 Å². The van der Waals surface area contributed by atoms with E-state index >= 15 is 0 Å². The topological polar surface area (TPSA) is 122 Å². The van der Waals surface area contributed by atoms with Crippen LogP contribution in [0, 0.1) is 0 Å². The Morgan fingerprint density at radius 3 is 2.06 bits per heavy atom. The second-order valence-electron chi connectivity index (χ2n) is 8.36. The van der Waals surface area contributed by atoms with Crippen LogP contribution in [0.3, 0.4) is 0 Å². The highest BCUT2D eigenvalue weighted by molar-refractivity contribution is 7.96. The minimum Gasteiger partial charge on any atom is -0.480 e. The number of carbonyl (C=O) groups is 4. The van der Waals surface area contributed by atoms with Gasteiger partial charge in [0, 0.05) is 19.3 Å². The molecule has 0 bridgehead atoms. The molecule has 2 aromatic rings. The monoisotopic (exact) mass is 501 g/mol. The number of hydrogen-bond donors (Lipinski definition) is 3. The average Bonchev–Trinajstić information content (AvgIpc) is 2.82. The molecular weight excluding hydrogens is 468 g/mol. The first-order valence-corrected chi connectivity index (χ1v) is 13.6. The van der Waals surface area contributed by atoms with Gasteiger partial charge in [0.25, 0.3) is 0 Å². The molecule has 8 nitrogen and oxygen atoms in total. The molecule has 188 valence electrons. The van der Waals surface area contributed by atoms with Gasteiger partial charge in [0.05, 0.1) is 19.1 Å². The average molecular weight is 502 g/mol. The van der Waals surface area contributed by atoms with Crippen LogP contribution in [0.25, 0.3) is 0 Å². The highest BCUT2D eigenvalue weighted by atomic mass is 32.2. The molecule has 0 spiro atoms. The molecule has 3 N–H and O–H groups in total. The van der Waals surface area contributed by atoms with E-state index in [1.54, 1.807) is 0 Å². The van der Waals surface area contributed by atoms with Gasteiger partial charge in [0.1, 0.15) is 12.1 Å². The molecule has 2 atom stereocenters. The third kappa shape index (κ3) is 11.1. The van der Waals surface area contributed by atoms with E-state index in [2.05, 4.69) is 10.6 Å². The van der Waals surface area contributed by atoms with Gasteiger partial charge in [-0.3, -0.25) is 9.59 Å². The van der Waals surface area contributed by atoms with Crippen molar-refractivity contribution in [2.75, 3.05) is 24.9 Å². The van der Waals surface area contributed by atoms with Crippen molar-refractivity contribution in [3.63, 3.8) is 0 Å². The number of ketones is 1. The fourth-order valence-electron chi connectivity index (χ4n) is 3.38. The highest BCUT2D eigenvalue weighted by Crippen LogP contribution is 2.07. The summed E-state index contributed by atoms with van der Waals surface area (Å²) in [4.78, 5) is 49.1. The molecule has 0 saturated carbocycles. The molecule has 2 aromatic carbocycles. The minimum atomic E-state index is -1.24. The summed E-state index contributed by atoms with van der Waals surface area (Å²) in [5.74, 6) is -1.55. The summed E-state index contributed by atoms with van der Waals surface area (Å²) in [5, 5.41) is 14.6. The number of alkyl carbamates (subject to hydrolysis) is 1. The maximum Gasteiger partial charge on any atom is 0.407 e. The summed E-state index contributed by atoms with van der Waals surface area (Å²) in [7, 11) is -0.0796. The van der Waals surface area contributed by atoms with Crippen molar-refractivity contribution in [3.8, 4) is 0 Å². The normalized spacial score (nSPS) is 12.4. The van der Waals surface area contributed by atoms with Gasteiger partial charge in [0.15, 0.2) is 11.5 Å². The Kier molecular flexibility index (Phi) is 11.8. The lowest BCUT2D eigenvalue weighted by molar-refractivity contribution is -0.142. The molecular formula is C26H33N2O6S+. The molecule has 0 aromatic heterocycles. The zero-order chi connectivity index (χ0) is 25.6. The number of carboxylic acid groups (broad SMARTS) is 1. The van der Waals surface area contributed by atoms with E-state index in [4.69, 9.17) is 4.74 Å². The predicted molar refractivity (Wildman–Crippen MR) is 136 cm³/mol. The number of hydrogen-bond acceptors (Lipinski definition) is 5. The second kappa shape index (κ2) is 14.8. The van der Waals surface area contributed by atoms with Crippen molar-refractivity contribution in [2.45, 2.75) is 37.8 Å². The van der Waals surface area contributed by atoms with Crippen LogP contribution in [0.15, 0.2) is 60.7 Å². The van der Waals surface area contributed by atoms with Gasteiger partial charge < -0.3 is 20.5 Å². The largest absolute Gasteiger partial charge is 0.480 e.